The molecule has 1 atom stereocenters. The van der Waals surface area contributed by atoms with Crippen LogP contribution in [-0.2, 0) is 27.1 Å². The molecule has 6 heteroatoms. The molecule has 0 aliphatic heterocycles. The smallest absolute Gasteiger partial charge is 0.269 e. The maximum atomic E-state index is 10.5. The molecule has 2 aliphatic carbocycles. The zero-order valence-electron chi connectivity index (χ0n) is 84.3. The normalized spacial score (nSPS) is 26.8. The molecule has 2 aliphatic rings. The third-order valence-electron chi connectivity index (χ3n) is 16.4. The first kappa shape index (κ1) is 27.8. The molecule has 0 saturated heterocycles. The van der Waals surface area contributed by atoms with Crippen LogP contribution in [0.15, 0.2) is 206 Å². The molecule has 9 aromatic carbocycles. The zero-order valence-corrected chi connectivity index (χ0v) is 47.3. The molecule has 0 radical (unpaired) electrons. The van der Waals surface area contributed by atoms with Crippen molar-refractivity contribution >= 4 is 54.6 Å². The summed E-state index contributed by atoms with van der Waals surface area (Å²) in [6.07, 6.45) is -17.9. The number of aromatic nitrogens is 5. The molecule has 0 saturated carbocycles. The van der Waals surface area contributed by atoms with Crippen LogP contribution < -0.4 is 9.30 Å². The Hall–Kier alpha value is -9.00. The summed E-state index contributed by atoms with van der Waals surface area (Å²) in [6, 6.07) is 36.6. The third-order valence-corrected chi connectivity index (χ3v) is 16.4. The molecule has 15 rings (SSSR count). The molecule has 0 spiro atoms. The standard InChI is InChI=1S/C81H77N5O/c1-12-81(11)43-42-80(9,10)68-46-53(32-37-66(68)81)60-26-20-25-59(52-31-36-65-67(45-52)79(7,8)41-40-78(65,5)6)76(60)84-51-83(72-29-17-18-30-73(72)84)55-21-19-22-57(48-55)87-58-34-35-63-64-49-56(85-69-27-15-13-23-61(69)62-24-14-16-28-70(62)85)33-38-71(64)86(74(63)50-58)75-47-54(39-44-82-75)77(2,3)4/h13-39,44-50H,12,40-43H2,1-11H3/i5D3,6D3,7D3,8D3,9D3,10D3,11D3,12D2,31D,32D,36D,37D,40D2,41D2,42D2,43D2,45D,46D. The van der Waals surface area contributed by atoms with Gasteiger partial charge in [0.05, 0.1) is 52.7 Å². The van der Waals surface area contributed by atoms with Crippen LogP contribution in [0.3, 0.4) is 0 Å². The summed E-state index contributed by atoms with van der Waals surface area (Å²) in [5.41, 5.74) is -25.7. The highest BCUT2D eigenvalue weighted by atomic mass is 16.5. The number of fused-ring (bicyclic) bond motifs is 9. The van der Waals surface area contributed by atoms with Crippen molar-refractivity contribution < 1.29 is 60.0 Å². The Balaban J connectivity index is 1.04. The Morgan fingerprint density at radius 2 is 1.16 bits per heavy atom. The number of hydrogen-bond acceptors (Lipinski definition) is 2. The van der Waals surface area contributed by atoms with Crippen molar-refractivity contribution in [1.29, 1.82) is 0 Å². The minimum Gasteiger partial charge on any atom is -0.458 e. The molecule has 432 valence electrons. The van der Waals surface area contributed by atoms with Crippen LogP contribution in [0.2, 0.25) is 0 Å². The number of benzene rings is 9. The largest absolute Gasteiger partial charge is 0.458 e. The fraction of sp³-hybridized carbons (Fsp3) is 0.259. The van der Waals surface area contributed by atoms with Gasteiger partial charge in [-0.3, -0.25) is 13.7 Å². The SMILES string of the molecule is [2H]c1c([2H])c2c(c([2H])c1-c1cccc(-c3c([2H])c([2H])c4c(c3[2H])C(C([2H])([2H])[2H])(C([2H])([2H])[2H])C([2H])([2H])C([2H])([2H])C4(C([2H])([2H])[2H])C([2H])([2H])C)c1-[n+]1[c-]n(-c3cccc(Oc4ccc5c6cc(-n7c8ccccc8c8ccccc87)ccc6n(-c6cc(C(C)(C)C)ccn6)c5c4)c3)c3ccccc31)C(C([2H])([2H])[2H])(C([2H])([2H])[2H])C([2H])([2H])C([2H])([2H])C2(C([2H])([2H])[2H])C([2H])([2H])[2H]. The van der Waals surface area contributed by atoms with Crippen molar-refractivity contribution in [3.63, 3.8) is 0 Å². The van der Waals surface area contributed by atoms with Gasteiger partial charge in [0.1, 0.15) is 17.3 Å². The van der Waals surface area contributed by atoms with Gasteiger partial charge in [0.15, 0.2) is 0 Å². The van der Waals surface area contributed by atoms with Crippen LogP contribution in [-0.4, -0.2) is 18.7 Å². The van der Waals surface area contributed by atoms with Crippen molar-refractivity contribution in [1.82, 2.24) is 18.7 Å². The summed E-state index contributed by atoms with van der Waals surface area (Å²) < 4.78 is 361. The van der Waals surface area contributed by atoms with E-state index in [0.717, 1.165) is 72.1 Å². The summed E-state index contributed by atoms with van der Waals surface area (Å²) in [4.78, 5) is 4.92. The predicted molar refractivity (Wildman–Crippen MR) is 361 cm³/mol. The average Bonchev–Trinajstić information content (AvgIpc) is 0.735. The Morgan fingerprint density at radius 1 is 0.552 bits per heavy atom. The van der Waals surface area contributed by atoms with Crippen LogP contribution >= 0.6 is 0 Å². The van der Waals surface area contributed by atoms with E-state index in [0.29, 0.717) is 18.3 Å². The van der Waals surface area contributed by atoms with E-state index < -0.39 is 188 Å². The van der Waals surface area contributed by atoms with E-state index >= 15 is 0 Å². The summed E-state index contributed by atoms with van der Waals surface area (Å²) in [5, 5.41) is 3.77. The van der Waals surface area contributed by atoms with Gasteiger partial charge in [-0.1, -0.05) is 197 Å². The van der Waals surface area contributed by atoms with E-state index in [4.69, 9.17) is 38.5 Å². The van der Waals surface area contributed by atoms with Gasteiger partial charge >= 0.3 is 0 Å². The second-order valence-corrected chi connectivity index (χ2v) is 23.0. The summed E-state index contributed by atoms with van der Waals surface area (Å²) in [6.45, 7) is -24.9. The first-order valence-corrected chi connectivity index (χ1v) is 28.0. The molecule has 0 N–H and O–H groups in total. The summed E-state index contributed by atoms with van der Waals surface area (Å²) in [5.74, 6) is 0.991. The Morgan fingerprint density at radius 3 is 1.85 bits per heavy atom. The molecule has 87 heavy (non-hydrogen) atoms. The molecular formula is C81H77N5O. The van der Waals surface area contributed by atoms with E-state index in [-0.39, 0.29) is 33.6 Å². The van der Waals surface area contributed by atoms with Crippen molar-refractivity contribution in [2.75, 3.05) is 0 Å². The highest BCUT2D eigenvalue weighted by Gasteiger charge is 2.40. The molecule has 0 fully saturated rings. The molecule has 6 nitrogen and oxygen atoms in total. The Labute approximate surface area is 564 Å². The fourth-order valence-corrected chi connectivity index (χ4v) is 12.1. The Kier molecular flexibility index (Phi) is 6.31. The van der Waals surface area contributed by atoms with Gasteiger partial charge in [-0.25, -0.2) is 4.98 Å². The van der Waals surface area contributed by atoms with E-state index in [1.54, 1.807) is 30.5 Å². The van der Waals surface area contributed by atoms with Crippen molar-refractivity contribution in [2.24, 2.45) is 0 Å². The fourth-order valence-electron chi connectivity index (χ4n) is 12.1. The number of para-hydroxylation sites is 5. The van der Waals surface area contributed by atoms with Crippen molar-refractivity contribution in [3.8, 4) is 56.6 Å². The number of nitrogens with zero attached hydrogens (tertiary/aromatic N) is 5. The van der Waals surface area contributed by atoms with E-state index in [1.165, 1.54) is 34.9 Å². The lowest BCUT2D eigenvalue weighted by Crippen LogP contribution is -2.35. The lowest BCUT2D eigenvalue weighted by atomic mass is 9.61. The molecule has 0 amide bonds. The van der Waals surface area contributed by atoms with Crippen LogP contribution in [0.5, 0.6) is 11.5 Å². The number of hydrogen-bond donors (Lipinski definition) is 0. The topological polar surface area (TPSA) is 40.8 Å². The van der Waals surface area contributed by atoms with Crippen LogP contribution in [0.4, 0.5) is 0 Å². The first-order chi connectivity index (χ1) is 56.8. The molecule has 1 unspecified atom stereocenters. The monoisotopic (exact) mass is 1170 g/mol. The van der Waals surface area contributed by atoms with E-state index in [9.17, 15) is 21.9 Å². The van der Waals surface area contributed by atoms with Gasteiger partial charge in [-0.05, 0) is 182 Å². The average molecular weight is 1170 g/mol. The van der Waals surface area contributed by atoms with Gasteiger partial charge in [0, 0.05) is 82.0 Å². The maximum Gasteiger partial charge on any atom is 0.269 e. The first-order valence-electron chi connectivity index (χ1n) is 46.5. The third kappa shape index (κ3) is 8.87. The van der Waals surface area contributed by atoms with Gasteiger partial charge in [-0.2, -0.15) is 0 Å². The zero-order chi connectivity index (χ0) is 91.6. The molecule has 4 heterocycles. The molecule has 0 bridgehead atoms. The van der Waals surface area contributed by atoms with Gasteiger partial charge in [0.2, 0.25) is 0 Å². The number of imidazole rings is 1. The van der Waals surface area contributed by atoms with Crippen LogP contribution in [0, 0.1) is 6.33 Å². The maximum absolute atomic E-state index is 10.5. The quantitative estimate of drug-likeness (QED) is 0.107. The van der Waals surface area contributed by atoms with Gasteiger partial charge in [0.25, 0.3) is 6.33 Å². The second kappa shape index (κ2) is 19.8. The summed E-state index contributed by atoms with van der Waals surface area (Å²) >= 11 is 0. The number of ether oxygens (including phenoxy) is 1. The predicted octanol–water partition coefficient (Wildman–Crippen LogP) is 20.8. The van der Waals surface area contributed by atoms with Gasteiger partial charge < -0.3 is 9.30 Å². The van der Waals surface area contributed by atoms with Crippen LogP contribution in [0.1, 0.15) is 186 Å². The molecule has 4 aromatic heterocycles. The van der Waals surface area contributed by atoms with E-state index in [1.807, 2.05) is 65.2 Å². The van der Waals surface area contributed by atoms with Crippen molar-refractivity contribution in [3.05, 3.63) is 240 Å². The lowest BCUT2D eigenvalue weighted by Gasteiger charge is -2.43. The Bertz CT molecular complexity index is 6340. The molecular weight excluding hydrogens is 1060 g/mol. The minimum absolute atomic E-state index is 0.0653. The van der Waals surface area contributed by atoms with Crippen LogP contribution in [0.25, 0.3) is 99.8 Å². The van der Waals surface area contributed by atoms with E-state index in [2.05, 4.69) is 62.0 Å². The number of pyridine rings is 1. The highest BCUT2D eigenvalue weighted by Crippen LogP contribution is 2.51. The second-order valence-electron chi connectivity index (χ2n) is 23.0. The van der Waals surface area contributed by atoms with Crippen molar-refractivity contribution in [2.45, 2.75) is 135 Å². The summed E-state index contributed by atoms with van der Waals surface area (Å²) in [7, 11) is 0. The number of rotatable bonds is 9. The lowest BCUT2D eigenvalue weighted by molar-refractivity contribution is -0.571. The van der Waals surface area contributed by atoms with Gasteiger partial charge in [-0.15, -0.1) is 0 Å². The molecule has 13 aromatic rings. The highest BCUT2D eigenvalue weighted by molar-refractivity contribution is 6.12. The minimum atomic E-state index is -4.85.